The molecule has 0 aliphatic rings. The number of halogens is 1. The van der Waals surface area contributed by atoms with E-state index in [-0.39, 0.29) is 0 Å². The zero-order chi connectivity index (χ0) is 11.0. The SMILES string of the molecule is Clc1cccc(-c2cccc3nccn23)c1. The van der Waals surface area contributed by atoms with Crippen LogP contribution in [0.25, 0.3) is 16.9 Å². The summed E-state index contributed by atoms with van der Waals surface area (Å²) < 4.78 is 2.05. The van der Waals surface area contributed by atoms with Crippen LogP contribution in [-0.2, 0) is 0 Å². The van der Waals surface area contributed by atoms with Gasteiger partial charge in [-0.15, -0.1) is 0 Å². The topological polar surface area (TPSA) is 17.3 Å². The van der Waals surface area contributed by atoms with Crippen LogP contribution in [0.1, 0.15) is 0 Å². The van der Waals surface area contributed by atoms with E-state index in [0.717, 1.165) is 21.9 Å². The summed E-state index contributed by atoms with van der Waals surface area (Å²) in [5, 5.41) is 0.745. The van der Waals surface area contributed by atoms with Gasteiger partial charge in [-0.25, -0.2) is 4.98 Å². The minimum Gasteiger partial charge on any atom is -0.300 e. The van der Waals surface area contributed by atoms with Crippen molar-refractivity contribution in [3.05, 3.63) is 59.9 Å². The van der Waals surface area contributed by atoms with Gasteiger partial charge < -0.3 is 0 Å². The molecule has 1 aromatic carbocycles. The molecule has 3 rings (SSSR count). The molecule has 0 fully saturated rings. The number of nitrogens with zero attached hydrogens (tertiary/aromatic N) is 2. The van der Waals surface area contributed by atoms with Crippen LogP contribution in [-0.4, -0.2) is 9.38 Å². The monoisotopic (exact) mass is 228 g/mol. The average Bonchev–Trinajstić information content (AvgIpc) is 2.76. The van der Waals surface area contributed by atoms with Crippen molar-refractivity contribution in [2.24, 2.45) is 0 Å². The van der Waals surface area contributed by atoms with E-state index in [1.165, 1.54) is 0 Å². The summed E-state index contributed by atoms with van der Waals surface area (Å²) in [6.45, 7) is 0. The fourth-order valence-electron chi connectivity index (χ4n) is 1.83. The van der Waals surface area contributed by atoms with E-state index in [0.29, 0.717) is 0 Å². The Labute approximate surface area is 98.1 Å². The highest BCUT2D eigenvalue weighted by atomic mass is 35.5. The number of aromatic nitrogens is 2. The molecule has 0 N–H and O–H groups in total. The van der Waals surface area contributed by atoms with Gasteiger partial charge in [0.2, 0.25) is 0 Å². The van der Waals surface area contributed by atoms with E-state index in [1.54, 1.807) is 6.20 Å². The van der Waals surface area contributed by atoms with E-state index < -0.39 is 0 Å². The Morgan fingerprint density at radius 2 is 1.94 bits per heavy atom. The average molecular weight is 229 g/mol. The molecule has 2 aromatic heterocycles. The summed E-state index contributed by atoms with van der Waals surface area (Å²) >= 11 is 5.99. The number of rotatable bonds is 1. The van der Waals surface area contributed by atoms with Gasteiger partial charge in [-0.2, -0.15) is 0 Å². The maximum Gasteiger partial charge on any atom is 0.137 e. The maximum atomic E-state index is 5.99. The minimum absolute atomic E-state index is 0.745. The lowest BCUT2D eigenvalue weighted by Crippen LogP contribution is -1.89. The predicted molar refractivity (Wildman–Crippen MR) is 65.6 cm³/mol. The Morgan fingerprint density at radius 1 is 1.06 bits per heavy atom. The third kappa shape index (κ3) is 1.48. The molecule has 2 heterocycles. The van der Waals surface area contributed by atoms with Gasteiger partial charge in [-0.05, 0) is 24.3 Å². The van der Waals surface area contributed by atoms with E-state index >= 15 is 0 Å². The van der Waals surface area contributed by atoms with Gasteiger partial charge in [-0.3, -0.25) is 4.40 Å². The van der Waals surface area contributed by atoms with Gasteiger partial charge in [0.1, 0.15) is 5.65 Å². The molecule has 0 aliphatic carbocycles. The quantitative estimate of drug-likeness (QED) is 0.621. The standard InChI is InChI=1S/C13H9ClN2/c14-11-4-1-3-10(9-11)12-5-2-6-13-15-7-8-16(12)13/h1-9H. The van der Waals surface area contributed by atoms with Gasteiger partial charge in [0.05, 0.1) is 5.69 Å². The first-order valence-corrected chi connectivity index (χ1v) is 5.40. The summed E-state index contributed by atoms with van der Waals surface area (Å²) in [6, 6.07) is 13.9. The van der Waals surface area contributed by atoms with Crippen LogP contribution in [0.15, 0.2) is 54.9 Å². The number of imidazole rings is 1. The van der Waals surface area contributed by atoms with Crippen LogP contribution in [0, 0.1) is 0 Å². The molecule has 2 nitrogen and oxygen atoms in total. The lowest BCUT2D eigenvalue weighted by Gasteiger charge is -2.05. The molecule has 0 amide bonds. The number of fused-ring (bicyclic) bond motifs is 1. The van der Waals surface area contributed by atoms with Gasteiger partial charge in [-0.1, -0.05) is 29.8 Å². The fourth-order valence-corrected chi connectivity index (χ4v) is 2.02. The van der Waals surface area contributed by atoms with Gasteiger partial charge >= 0.3 is 0 Å². The van der Waals surface area contributed by atoms with Crippen molar-refractivity contribution in [2.75, 3.05) is 0 Å². The van der Waals surface area contributed by atoms with Crippen LogP contribution in [0.4, 0.5) is 0 Å². The molecular weight excluding hydrogens is 220 g/mol. The molecule has 0 saturated carbocycles. The fraction of sp³-hybridized carbons (Fsp3) is 0. The molecule has 0 radical (unpaired) electrons. The first kappa shape index (κ1) is 9.43. The van der Waals surface area contributed by atoms with Crippen LogP contribution >= 0.6 is 11.6 Å². The van der Waals surface area contributed by atoms with Crippen molar-refractivity contribution in [3.63, 3.8) is 0 Å². The van der Waals surface area contributed by atoms with Gasteiger partial charge in [0.25, 0.3) is 0 Å². The van der Waals surface area contributed by atoms with Crippen molar-refractivity contribution >= 4 is 17.2 Å². The van der Waals surface area contributed by atoms with Crippen LogP contribution < -0.4 is 0 Å². The van der Waals surface area contributed by atoms with E-state index in [2.05, 4.69) is 11.1 Å². The van der Waals surface area contributed by atoms with E-state index in [1.807, 2.05) is 47.0 Å². The van der Waals surface area contributed by atoms with E-state index in [4.69, 9.17) is 11.6 Å². The molecule has 16 heavy (non-hydrogen) atoms. The molecule has 0 bridgehead atoms. The van der Waals surface area contributed by atoms with Crippen molar-refractivity contribution in [1.82, 2.24) is 9.38 Å². The Morgan fingerprint density at radius 3 is 2.81 bits per heavy atom. The smallest absolute Gasteiger partial charge is 0.137 e. The second-order valence-corrected chi connectivity index (χ2v) is 4.01. The largest absolute Gasteiger partial charge is 0.300 e. The molecule has 0 aliphatic heterocycles. The van der Waals surface area contributed by atoms with Crippen LogP contribution in [0.3, 0.4) is 0 Å². The molecule has 3 aromatic rings. The van der Waals surface area contributed by atoms with Gasteiger partial charge in [0.15, 0.2) is 0 Å². The van der Waals surface area contributed by atoms with Crippen molar-refractivity contribution in [3.8, 4) is 11.3 Å². The molecule has 0 unspecified atom stereocenters. The molecule has 0 atom stereocenters. The number of hydrogen-bond donors (Lipinski definition) is 0. The molecule has 0 spiro atoms. The zero-order valence-corrected chi connectivity index (χ0v) is 9.22. The highest BCUT2D eigenvalue weighted by Gasteiger charge is 2.03. The van der Waals surface area contributed by atoms with Crippen LogP contribution in [0.5, 0.6) is 0 Å². The normalized spacial score (nSPS) is 10.8. The first-order valence-electron chi connectivity index (χ1n) is 5.02. The molecule has 0 saturated heterocycles. The lowest BCUT2D eigenvalue weighted by molar-refractivity contribution is 1.19. The predicted octanol–water partition coefficient (Wildman–Crippen LogP) is 3.65. The number of pyridine rings is 1. The summed E-state index contributed by atoms with van der Waals surface area (Å²) in [5.41, 5.74) is 3.13. The Kier molecular flexibility index (Phi) is 2.15. The minimum atomic E-state index is 0.745. The van der Waals surface area contributed by atoms with Crippen molar-refractivity contribution < 1.29 is 0 Å². The second-order valence-electron chi connectivity index (χ2n) is 3.58. The van der Waals surface area contributed by atoms with Crippen LogP contribution in [0.2, 0.25) is 5.02 Å². The summed E-state index contributed by atoms with van der Waals surface area (Å²) in [6.07, 6.45) is 3.74. The maximum absolute atomic E-state index is 5.99. The Balaban J connectivity index is 2.29. The number of hydrogen-bond acceptors (Lipinski definition) is 1. The molecule has 3 heteroatoms. The third-order valence-electron chi connectivity index (χ3n) is 2.55. The Bertz CT molecular complexity index is 643. The summed E-state index contributed by atoms with van der Waals surface area (Å²) in [4.78, 5) is 4.26. The highest BCUT2D eigenvalue weighted by molar-refractivity contribution is 6.30. The van der Waals surface area contributed by atoms with Crippen molar-refractivity contribution in [1.29, 1.82) is 0 Å². The summed E-state index contributed by atoms with van der Waals surface area (Å²) in [7, 11) is 0. The second kappa shape index (κ2) is 3.65. The first-order chi connectivity index (χ1) is 7.84. The third-order valence-corrected chi connectivity index (χ3v) is 2.78. The van der Waals surface area contributed by atoms with Crippen molar-refractivity contribution in [2.45, 2.75) is 0 Å². The van der Waals surface area contributed by atoms with E-state index in [9.17, 15) is 0 Å². The van der Waals surface area contributed by atoms with Gasteiger partial charge in [0, 0.05) is 23.0 Å². The molecular formula is C13H9ClN2. The summed E-state index contributed by atoms with van der Waals surface area (Å²) in [5.74, 6) is 0. The Hall–Kier alpha value is -1.80. The lowest BCUT2D eigenvalue weighted by atomic mass is 10.1. The molecule has 78 valence electrons. The number of benzene rings is 1. The highest BCUT2D eigenvalue weighted by Crippen LogP contribution is 2.23. The zero-order valence-electron chi connectivity index (χ0n) is 8.47.